The molecule has 114 valence electrons. The molecule has 0 aliphatic heterocycles. The van der Waals surface area contributed by atoms with Crippen LogP contribution in [-0.4, -0.2) is 27.0 Å². The number of aryl methyl sites for hydroxylation is 2. The van der Waals surface area contributed by atoms with Crippen molar-refractivity contribution in [2.24, 2.45) is 13.0 Å². The molecule has 0 radical (unpaired) electrons. The summed E-state index contributed by atoms with van der Waals surface area (Å²) in [7, 11) is 1.98. The molecule has 0 aromatic carbocycles. The molecule has 2 N–H and O–H groups in total. The molecule has 20 heavy (non-hydrogen) atoms. The molecule has 1 heterocycles. The van der Waals surface area contributed by atoms with Crippen LogP contribution in [0.15, 0.2) is 6.07 Å². The lowest BCUT2D eigenvalue weighted by Crippen LogP contribution is -2.43. The molecule has 0 amide bonds. The van der Waals surface area contributed by atoms with Crippen LogP contribution < -0.4 is 5.32 Å². The van der Waals surface area contributed by atoms with Gasteiger partial charge >= 0.3 is 0 Å². The highest BCUT2D eigenvalue weighted by Crippen LogP contribution is 2.33. The zero-order chi connectivity index (χ0) is 14.6. The molecule has 1 aliphatic carbocycles. The first-order valence-corrected chi connectivity index (χ1v) is 8.01. The van der Waals surface area contributed by atoms with Gasteiger partial charge in [-0.25, -0.2) is 0 Å². The van der Waals surface area contributed by atoms with E-state index in [9.17, 15) is 5.11 Å². The number of hydrogen-bond donors (Lipinski definition) is 2. The number of rotatable bonds is 6. The molecule has 4 nitrogen and oxygen atoms in total. The predicted molar refractivity (Wildman–Crippen MR) is 81.5 cm³/mol. The largest absolute Gasteiger partial charge is 0.389 e. The second-order valence-corrected chi connectivity index (χ2v) is 6.28. The number of nitrogens with zero attached hydrogens (tertiary/aromatic N) is 2. The van der Waals surface area contributed by atoms with E-state index in [1.165, 1.54) is 25.0 Å². The van der Waals surface area contributed by atoms with Gasteiger partial charge in [-0.1, -0.05) is 20.3 Å². The summed E-state index contributed by atoms with van der Waals surface area (Å²) in [4.78, 5) is 0. The second-order valence-electron chi connectivity index (χ2n) is 6.28. The Balaban J connectivity index is 1.79. The average molecular weight is 279 g/mol. The molecule has 0 saturated heterocycles. The van der Waals surface area contributed by atoms with E-state index in [0.717, 1.165) is 37.4 Å². The Morgan fingerprint density at radius 2 is 2.10 bits per heavy atom. The smallest absolute Gasteiger partial charge is 0.0771 e. The Morgan fingerprint density at radius 3 is 2.65 bits per heavy atom. The molecule has 4 heteroatoms. The SMILES string of the molecule is CCc1cc(CNCC2(O)CCC(CC)CC2)n(C)n1. The summed E-state index contributed by atoms with van der Waals surface area (Å²) in [5.41, 5.74) is 1.82. The zero-order valence-corrected chi connectivity index (χ0v) is 13.2. The van der Waals surface area contributed by atoms with Crippen molar-refractivity contribution in [3.05, 3.63) is 17.5 Å². The number of hydrogen-bond acceptors (Lipinski definition) is 3. The van der Waals surface area contributed by atoms with Gasteiger partial charge in [0, 0.05) is 20.1 Å². The third-order valence-corrected chi connectivity index (χ3v) is 4.76. The molecule has 1 saturated carbocycles. The van der Waals surface area contributed by atoms with E-state index in [2.05, 4.69) is 30.3 Å². The molecule has 0 unspecified atom stereocenters. The summed E-state index contributed by atoms with van der Waals surface area (Å²) in [5, 5.41) is 18.5. The summed E-state index contributed by atoms with van der Waals surface area (Å²) in [6.07, 6.45) is 6.42. The third-order valence-electron chi connectivity index (χ3n) is 4.76. The maximum atomic E-state index is 10.6. The molecule has 2 rings (SSSR count). The van der Waals surface area contributed by atoms with Gasteiger partial charge in [-0.15, -0.1) is 0 Å². The normalized spacial score (nSPS) is 26.9. The fourth-order valence-electron chi connectivity index (χ4n) is 3.13. The predicted octanol–water partition coefficient (Wildman–Crippen LogP) is 2.40. The Labute approximate surface area is 122 Å². The van der Waals surface area contributed by atoms with Crippen LogP contribution in [0.3, 0.4) is 0 Å². The first-order chi connectivity index (χ1) is 9.56. The van der Waals surface area contributed by atoms with E-state index in [0.29, 0.717) is 6.54 Å². The van der Waals surface area contributed by atoms with Crippen LogP contribution in [0.1, 0.15) is 57.3 Å². The molecule has 1 aliphatic rings. The Bertz CT molecular complexity index is 419. The van der Waals surface area contributed by atoms with E-state index in [1.807, 2.05) is 11.7 Å². The minimum atomic E-state index is -0.502. The monoisotopic (exact) mass is 279 g/mol. The van der Waals surface area contributed by atoms with E-state index in [1.54, 1.807) is 0 Å². The van der Waals surface area contributed by atoms with Gasteiger partial charge in [-0.3, -0.25) is 4.68 Å². The standard InChI is InChI=1S/C16H29N3O/c1-4-13-6-8-16(20,9-7-13)12-17-11-15-10-14(5-2)18-19(15)3/h10,13,17,20H,4-9,11-12H2,1-3H3. The van der Waals surface area contributed by atoms with E-state index >= 15 is 0 Å². The third kappa shape index (κ3) is 3.83. The average Bonchev–Trinajstić information content (AvgIpc) is 2.80. The van der Waals surface area contributed by atoms with Gasteiger partial charge in [-0.2, -0.15) is 5.10 Å². The van der Waals surface area contributed by atoms with Crippen molar-refractivity contribution < 1.29 is 5.11 Å². The van der Waals surface area contributed by atoms with Crippen molar-refractivity contribution in [2.45, 2.75) is 64.5 Å². The summed E-state index contributed by atoms with van der Waals surface area (Å²) < 4.78 is 1.93. The van der Waals surface area contributed by atoms with Gasteiger partial charge in [0.05, 0.1) is 17.0 Å². The molecular formula is C16H29N3O. The van der Waals surface area contributed by atoms with E-state index in [4.69, 9.17) is 0 Å². The topological polar surface area (TPSA) is 50.1 Å². The summed E-state index contributed by atoms with van der Waals surface area (Å²) in [6.45, 7) is 5.84. The van der Waals surface area contributed by atoms with Crippen LogP contribution in [0.25, 0.3) is 0 Å². The molecule has 0 atom stereocenters. The van der Waals surface area contributed by atoms with Gasteiger partial charge in [0.2, 0.25) is 0 Å². The first-order valence-electron chi connectivity index (χ1n) is 8.01. The molecule has 0 spiro atoms. The van der Waals surface area contributed by atoms with Gasteiger partial charge in [0.25, 0.3) is 0 Å². The highest BCUT2D eigenvalue weighted by atomic mass is 16.3. The van der Waals surface area contributed by atoms with Crippen molar-refractivity contribution in [1.29, 1.82) is 0 Å². The minimum Gasteiger partial charge on any atom is -0.389 e. The Kier molecular flexibility index (Phi) is 5.22. The lowest BCUT2D eigenvalue weighted by atomic mass is 9.78. The number of nitrogens with one attached hydrogen (secondary N) is 1. The Hall–Kier alpha value is -0.870. The van der Waals surface area contributed by atoms with Crippen molar-refractivity contribution >= 4 is 0 Å². The van der Waals surface area contributed by atoms with Crippen molar-refractivity contribution in [2.75, 3.05) is 6.54 Å². The van der Waals surface area contributed by atoms with Crippen molar-refractivity contribution in [1.82, 2.24) is 15.1 Å². The van der Waals surface area contributed by atoms with Crippen LogP contribution in [0.5, 0.6) is 0 Å². The van der Waals surface area contributed by atoms with Gasteiger partial charge in [-0.05, 0) is 44.1 Å². The summed E-state index contributed by atoms with van der Waals surface area (Å²) >= 11 is 0. The first kappa shape index (κ1) is 15.5. The molecule has 1 fully saturated rings. The quantitative estimate of drug-likeness (QED) is 0.840. The fourth-order valence-corrected chi connectivity index (χ4v) is 3.13. The van der Waals surface area contributed by atoms with Crippen LogP contribution in [-0.2, 0) is 20.0 Å². The summed E-state index contributed by atoms with van der Waals surface area (Å²) in [6, 6.07) is 2.14. The molecule has 0 bridgehead atoms. The zero-order valence-electron chi connectivity index (χ0n) is 13.2. The highest BCUT2D eigenvalue weighted by molar-refractivity contribution is 5.10. The number of aliphatic hydroxyl groups is 1. The molecule has 1 aromatic heterocycles. The second kappa shape index (κ2) is 6.72. The Morgan fingerprint density at radius 1 is 1.40 bits per heavy atom. The summed E-state index contributed by atoms with van der Waals surface area (Å²) in [5.74, 6) is 0.819. The van der Waals surface area contributed by atoms with Gasteiger partial charge < -0.3 is 10.4 Å². The fraction of sp³-hybridized carbons (Fsp3) is 0.812. The van der Waals surface area contributed by atoms with Crippen LogP contribution >= 0.6 is 0 Å². The lowest BCUT2D eigenvalue weighted by Gasteiger charge is -2.36. The molecular weight excluding hydrogens is 250 g/mol. The maximum Gasteiger partial charge on any atom is 0.0771 e. The van der Waals surface area contributed by atoms with E-state index in [-0.39, 0.29) is 0 Å². The van der Waals surface area contributed by atoms with Crippen molar-refractivity contribution in [3.8, 4) is 0 Å². The molecule has 1 aromatic rings. The maximum absolute atomic E-state index is 10.6. The highest BCUT2D eigenvalue weighted by Gasteiger charge is 2.32. The van der Waals surface area contributed by atoms with E-state index < -0.39 is 5.60 Å². The minimum absolute atomic E-state index is 0.502. The van der Waals surface area contributed by atoms with Crippen molar-refractivity contribution in [3.63, 3.8) is 0 Å². The van der Waals surface area contributed by atoms with Gasteiger partial charge in [0.15, 0.2) is 0 Å². The van der Waals surface area contributed by atoms with Crippen LogP contribution in [0.4, 0.5) is 0 Å². The van der Waals surface area contributed by atoms with Crippen LogP contribution in [0.2, 0.25) is 0 Å². The number of aromatic nitrogens is 2. The van der Waals surface area contributed by atoms with Gasteiger partial charge in [0.1, 0.15) is 0 Å². The van der Waals surface area contributed by atoms with Crippen LogP contribution in [0, 0.1) is 5.92 Å². The lowest BCUT2D eigenvalue weighted by molar-refractivity contribution is -0.00891.